The van der Waals surface area contributed by atoms with Gasteiger partial charge >= 0.3 is 6.09 Å². The van der Waals surface area contributed by atoms with Crippen LogP contribution in [-0.4, -0.2) is 44.3 Å². The number of hydrogen-bond donors (Lipinski definition) is 1. The summed E-state index contributed by atoms with van der Waals surface area (Å²) in [5.74, 6) is -0.423. The van der Waals surface area contributed by atoms with Crippen LogP contribution in [0.1, 0.15) is 45.2 Å². The number of likely N-dealkylation sites (tertiary alicyclic amines) is 1. The number of rotatable bonds is 1. The smallest absolute Gasteiger partial charge is 0.410 e. The molecule has 29 heavy (non-hydrogen) atoms. The van der Waals surface area contributed by atoms with Gasteiger partial charge in [0.25, 0.3) is 5.56 Å². The van der Waals surface area contributed by atoms with Crippen molar-refractivity contribution < 1.29 is 13.9 Å². The Morgan fingerprint density at radius 3 is 2.66 bits per heavy atom. The standard InChI is InChI=1S/C20H22BrFN4O3/c1-20(2,3)29-19(28)25-8-6-11(7-9-25)14-10-15(27)23-18-16-12(21)4-5-13(22)17(16)24-26(14)18/h4-5,10-11H,6-9H2,1-3H3,(H,23,27). The van der Waals surface area contributed by atoms with E-state index in [2.05, 4.69) is 26.0 Å². The molecule has 1 fully saturated rings. The highest BCUT2D eigenvalue weighted by Gasteiger charge is 2.29. The molecule has 9 heteroatoms. The number of benzene rings is 1. The SMILES string of the molecule is CC(C)(C)OC(=O)N1CCC(c2cc(=O)[nH]c3c4c(Br)ccc(F)c4nn23)CC1. The third-order valence-electron chi connectivity index (χ3n) is 5.06. The van der Waals surface area contributed by atoms with Crippen molar-refractivity contribution in [1.29, 1.82) is 0 Å². The van der Waals surface area contributed by atoms with E-state index in [-0.39, 0.29) is 23.1 Å². The second kappa shape index (κ2) is 7.12. The minimum atomic E-state index is -0.542. The zero-order valence-corrected chi connectivity index (χ0v) is 18.0. The van der Waals surface area contributed by atoms with Gasteiger partial charge in [-0.15, -0.1) is 0 Å². The number of hydrogen-bond acceptors (Lipinski definition) is 4. The summed E-state index contributed by atoms with van der Waals surface area (Å²) in [7, 11) is 0. The number of H-pyrrole nitrogens is 1. The van der Waals surface area contributed by atoms with E-state index in [0.717, 1.165) is 5.69 Å². The Morgan fingerprint density at radius 2 is 2.00 bits per heavy atom. The molecule has 154 valence electrons. The third kappa shape index (κ3) is 3.75. The predicted octanol–water partition coefficient (Wildman–Crippen LogP) is 4.19. The van der Waals surface area contributed by atoms with Crippen molar-refractivity contribution in [3.8, 4) is 0 Å². The van der Waals surface area contributed by atoms with Gasteiger partial charge in [-0.25, -0.2) is 13.7 Å². The molecule has 1 N–H and O–H groups in total. The summed E-state index contributed by atoms with van der Waals surface area (Å²) >= 11 is 3.42. The number of amides is 1. The molecule has 7 nitrogen and oxygen atoms in total. The molecule has 0 aliphatic carbocycles. The molecule has 1 amide bonds. The van der Waals surface area contributed by atoms with Crippen LogP contribution in [0.4, 0.5) is 9.18 Å². The molecule has 0 unspecified atom stereocenters. The Hall–Kier alpha value is -2.42. The van der Waals surface area contributed by atoms with Crippen LogP contribution in [0.2, 0.25) is 0 Å². The average molecular weight is 465 g/mol. The molecule has 3 aromatic rings. The maximum absolute atomic E-state index is 14.3. The quantitative estimate of drug-likeness (QED) is 0.585. The topological polar surface area (TPSA) is 79.7 Å². The summed E-state index contributed by atoms with van der Waals surface area (Å²) in [6, 6.07) is 4.46. The van der Waals surface area contributed by atoms with E-state index in [4.69, 9.17) is 4.74 Å². The highest BCUT2D eigenvalue weighted by Crippen LogP contribution is 2.32. The van der Waals surface area contributed by atoms with Gasteiger partial charge in [0.1, 0.15) is 16.8 Å². The molecular formula is C20H22BrFN4O3. The van der Waals surface area contributed by atoms with E-state index in [1.165, 1.54) is 12.1 Å². The number of carbonyl (C=O) groups is 1. The summed E-state index contributed by atoms with van der Waals surface area (Å²) in [6.45, 7) is 6.55. The minimum Gasteiger partial charge on any atom is -0.444 e. The van der Waals surface area contributed by atoms with Crippen LogP contribution < -0.4 is 5.56 Å². The van der Waals surface area contributed by atoms with Crippen molar-refractivity contribution in [3.63, 3.8) is 0 Å². The van der Waals surface area contributed by atoms with Crippen LogP contribution in [-0.2, 0) is 4.74 Å². The number of piperidine rings is 1. The van der Waals surface area contributed by atoms with E-state index in [1.807, 2.05) is 20.8 Å². The average Bonchev–Trinajstić information content (AvgIpc) is 3.03. The van der Waals surface area contributed by atoms with E-state index in [0.29, 0.717) is 41.4 Å². The van der Waals surface area contributed by atoms with Crippen molar-refractivity contribution in [3.05, 3.63) is 44.5 Å². The summed E-state index contributed by atoms with van der Waals surface area (Å²) in [4.78, 5) is 29.1. The first-order valence-electron chi connectivity index (χ1n) is 9.51. The zero-order chi connectivity index (χ0) is 20.9. The molecule has 0 bridgehead atoms. The first kappa shape index (κ1) is 19.9. The molecule has 1 aromatic carbocycles. The molecule has 1 aliphatic rings. The van der Waals surface area contributed by atoms with Crippen LogP contribution in [0.15, 0.2) is 27.5 Å². The molecule has 0 spiro atoms. The van der Waals surface area contributed by atoms with E-state index >= 15 is 0 Å². The Bertz CT molecular complexity index is 1160. The predicted molar refractivity (Wildman–Crippen MR) is 111 cm³/mol. The second-order valence-electron chi connectivity index (χ2n) is 8.31. The van der Waals surface area contributed by atoms with Crippen LogP contribution in [0.5, 0.6) is 0 Å². The lowest BCUT2D eigenvalue weighted by molar-refractivity contribution is 0.0203. The van der Waals surface area contributed by atoms with Crippen molar-refractivity contribution in [2.45, 2.75) is 45.1 Å². The van der Waals surface area contributed by atoms with Gasteiger partial charge in [0.05, 0.1) is 11.1 Å². The third-order valence-corrected chi connectivity index (χ3v) is 5.72. The van der Waals surface area contributed by atoms with Gasteiger partial charge in [0, 0.05) is 29.5 Å². The van der Waals surface area contributed by atoms with Gasteiger partial charge in [0.2, 0.25) is 0 Å². The summed E-state index contributed by atoms with van der Waals surface area (Å²) in [6.07, 6.45) is 0.998. The number of aromatic nitrogens is 3. The zero-order valence-electron chi connectivity index (χ0n) is 16.5. The molecule has 1 saturated heterocycles. The second-order valence-corrected chi connectivity index (χ2v) is 9.17. The van der Waals surface area contributed by atoms with Gasteiger partial charge in [-0.05, 0) is 61.7 Å². The van der Waals surface area contributed by atoms with E-state index in [9.17, 15) is 14.0 Å². The van der Waals surface area contributed by atoms with Crippen LogP contribution in [0.25, 0.3) is 16.6 Å². The Morgan fingerprint density at radius 1 is 1.31 bits per heavy atom. The fourth-order valence-electron chi connectivity index (χ4n) is 3.75. The minimum absolute atomic E-state index is 0.0228. The van der Waals surface area contributed by atoms with Gasteiger partial charge in [-0.1, -0.05) is 0 Å². The normalized spacial score (nSPS) is 16.0. The number of aromatic amines is 1. The molecule has 0 saturated carbocycles. The van der Waals surface area contributed by atoms with Gasteiger partial charge in [0.15, 0.2) is 5.82 Å². The van der Waals surface area contributed by atoms with E-state index < -0.39 is 11.4 Å². The Kier molecular flexibility index (Phi) is 4.88. The highest BCUT2D eigenvalue weighted by atomic mass is 79.9. The first-order valence-corrected chi connectivity index (χ1v) is 10.3. The van der Waals surface area contributed by atoms with Crippen molar-refractivity contribution in [1.82, 2.24) is 19.5 Å². The lowest BCUT2D eigenvalue weighted by Gasteiger charge is -2.33. The van der Waals surface area contributed by atoms with Crippen LogP contribution in [0.3, 0.4) is 0 Å². The molecule has 0 atom stereocenters. The molecule has 2 aromatic heterocycles. The molecule has 4 rings (SSSR count). The lowest BCUT2D eigenvalue weighted by atomic mass is 9.93. The van der Waals surface area contributed by atoms with E-state index in [1.54, 1.807) is 15.5 Å². The number of fused-ring (bicyclic) bond motifs is 3. The molecule has 1 aliphatic heterocycles. The van der Waals surface area contributed by atoms with Gasteiger partial charge in [-0.3, -0.25) is 4.79 Å². The number of nitrogens with one attached hydrogen (secondary N) is 1. The van der Waals surface area contributed by atoms with Crippen molar-refractivity contribution >= 4 is 38.6 Å². The molecular weight excluding hydrogens is 443 g/mol. The fourth-order valence-corrected chi connectivity index (χ4v) is 4.25. The van der Waals surface area contributed by atoms with Gasteiger partial charge in [-0.2, -0.15) is 5.10 Å². The van der Waals surface area contributed by atoms with Gasteiger partial charge < -0.3 is 14.6 Å². The summed E-state index contributed by atoms with van der Waals surface area (Å²) < 4.78 is 22.0. The maximum Gasteiger partial charge on any atom is 0.410 e. The first-order chi connectivity index (χ1) is 13.6. The molecule has 0 radical (unpaired) electrons. The highest BCUT2D eigenvalue weighted by molar-refractivity contribution is 9.10. The number of halogens is 2. The Balaban J connectivity index is 1.67. The van der Waals surface area contributed by atoms with Crippen LogP contribution >= 0.6 is 15.9 Å². The number of ether oxygens (including phenoxy) is 1. The number of nitrogens with zero attached hydrogens (tertiary/aromatic N) is 3. The Labute approximate surface area is 175 Å². The fraction of sp³-hybridized carbons (Fsp3) is 0.450. The van der Waals surface area contributed by atoms with Crippen molar-refractivity contribution in [2.24, 2.45) is 0 Å². The number of carbonyl (C=O) groups excluding carboxylic acids is 1. The van der Waals surface area contributed by atoms with Crippen LogP contribution in [0, 0.1) is 5.82 Å². The summed E-state index contributed by atoms with van der Waals surface area (Å²) in [5, 5.41) is 4.97. The lowest BCUT2D eigenvalue weighted by Crippen LogP contribution is -2.41. The largest absolute Gasteiger partial charge is 0.444 e. The maximum atomic E-state index is 14.3. The van der Waals surface area contributed by atoms with Crippen molar-refractivity contribution in [2.75, 3.05) is 13.1 Å². The monoisotopic (exact) mass is 464 g/mol. The molecule has 3 heterocycles. The summed E-state index contributed by atoms with van der Waals surface area (Å²) in [5.41, 5.74) is 0.576.